The number of hydrogen-bond acceptors (Lipinski definition) is 2. The summed E-state index contributed by atoms with van der Waals surface area (Å²) in [5.74, 6) is -0.130. The van der Waals surface area contributed by atoms with Crippen LogP contribution in [0.25, 0.3) is 0 Å². The van der Waals surface area contributed by atoms with Crippen molar-refractivity contribution in [3.05, 3.63) is 29.3 Å². The van der Waals surface area contributed by atoms with Gasteiger partial charge >= 0.3 is 5.97 Å². The highest BCUT2D eigenvalue weighted by Crippen LogP contribution is 2.27. The lowest BCUT2D eigenvalue weighted by atomic mass is 10.0. The largest absolute Gasteiger partial charge is 0.493 e. The minimum Gasteiger partial charge on any atom is -0.493 e. The van der Waals surface area contributed by atoms with Gasteiger partial charge in [0.15, 0.2) is 0 Å². The number of fused-ring (bicyclic) bond motifs is 1. The number of carboxylic acids is 1. The van der Waals surface area contributed by atoms with Crippen molar-refractivity contribution in [3.8, 4) is 5.75 Å². The predicted octanol–water partition coefficient (Wildman–Crippen LogP) is 2.10. The van der Waals surface area contributed by atoms with Gasteiger partial charge in [0, 0.05) is 5.56 Å². The summed E-state index contributed by atoms with van der Waals surface area (Å²) >= 11 is 0. The molecule has 1 aromatic carbocycles. The summed E-state index contributed by atoms with van der Waals surface area (Å²) in [6, 6.07) is 5.20. The van der Waals surface area contributed by atoms with Crippen LogP contribution in [0, 0.1) is 0 Å². The van der Waals surface area contributed by atoms with Crippen LogP contribution in [0.5, 0.6) is 5.75 Å². The Kier molecular flexibility index (Phi) is 2.39. The van der Waals surface area contributed by atoms with Gasteiger partial charge in [-0.1, -0.05) is 6.07 Å². The molecule has 1 aliphatic rings. The highest BCUT2D eigenvalue weighted by molar-refractivity contribution is 5.90. The molecule has 0 saturated carbocycles. The second-order valence-electron chi connectivity index (χ2n) is 3.39. The molecule has 1 aromatic rings. The summed E-state index contributed by atoms with van der Waals surface area (Å²) in [4.78, 5) is 10.9. The first-order valence-electron chi connectivity index (χ1n) is 4.77. The zero-order chi connectivity index (χ0) is 9.97. The van der Waals surface area contributed by atoms with E-state index in [-0.39, 0.29) is 0 Å². The summed E-state index contributed by atoms with van der Waals surface area (Å²) in [6.07, 6.45) is 2.79. The van der Waals surface area contributed by atoms with E-state index in [0.29, 0.717) is 12.2 Å². The Morgan fingerprint density at radius 1 is 1.36 bits per heavy atom. The van der Waals surface area contributed by atoms with E-state index in [1.807, 2.05) is 6.07 Å². The first kappa shape index (κ1) is 9.06. The first-order chi connectivity index (χ1) is 6.79. The highest BCUT2D eigenvalue weighted by atomic mass is 16.5. The molecule has 1 heterocycles. The standard InChI is InChI=1S/C11H12O3/c12-11(13)9-5-3-6-10-8(9)4-1-2-7-14-10/h3,5-6H,1-2,4,7H2,(H,12,13). The van der Waals surface area contributed by atoms with E-state index in [2.05, 4.69) is 0 Å². The van der Waals surface area contributed by atoms with Crippen molar-refractivity contribution >= 4 is 5.97 Å². The first-order valence-corrected chi connectivity index (χ1v) is 4.77. The second kappa shape index (κ2) is 3.70. The molecule has 1 N–H and O–H groups in total. The maximum absolute atomic E-state index is 10.9. The Balaban J connectivity index is 2.47. The van der Waals surface area contributed by atoms with E-state index >= 15 is 0 Å². The maximum atomic E-state index is 10.9. The molecular formula is C11H12O3. The van der Waals surface area contributed by atoms with Crippen LogP contribution in [0.4, 0.5) is 0 Å². The minimum absolute atomic E-state index is 0.379. The summed E-state index contributed by atoms with van der Waals surface area (Å²) in [5.41, 5.74) is 1.22. The molecule has 0 spiro atoms. The molecule has 0 amide bonds. The minimum atomic E-state index is -0.868. The second-order valence-corrected chi connectivity index (χ2v) is 3.39. The molecular weight excluding hydrogens is 180 g/mol. The van der Waals surface area contributed by atoms with Crippen LogP contribution in [-0.4, -0.2) is 17.7 Å². The quantitative estimate of drug-likeness (QED) is 0.741. The Labute approximate surface area is 82.3 Å². The van der Waals surface area contributed by atoms with Crippen molar-refractivity contribution in [2.24, 2.45) is 0 Å². The fraction of sp³-hybridized carbons (Fsp3) is 0.364. The number of benzene rings is 1. The summed E-state index contributed by atoms with van der Waals surface area (Å²) in [5, 5.41) is 8.98. The predicted molar refractivity (Wildman–Crippen MR) is 51.8 cm³/mol. The van der Waals surface area contributed by atoms with Crippen LogP contribution in [0.2, 0.25) is 0 Å². The molecule has 0 unspecified atom stereocenters. The van der Waals surface area contributed by atoms with Gasteiger partial charge in [-0.2, -0.15) is 0 Å². The molecule has 0 aromatic heterocycles. The summed E-state index contributed by atoms with van der Waals surface area (Å²) in [7, 11) is 0. The molecule has 74 valence electrons. The fourth-order valence-corrected chi connectivity index (χ4v) is 1.75. The molecule has 0 radical (unpaired) electrons. The van der Waals surface area contributed by atoms with Gasteiger partial charge in [-0.15, -0.1) is 0 Å². The molecule has 1 aliphatic heterocycles. The molecule has 0 atom stereocenters. The Morgan fingerprint density at radius 2 is 2.21 bits per heavy atom. The molecule has 3 nitrogen and oxygen atoms in total. The Hall–Kier alpha value is -1.51. The molecule has 0 bridgehead atoms. The fourth-order valence-electron chi connectivity index (χ4n) is 1.75. The number of ether oxygens (including phenoxy) is 1. The van der Waals surface area contributed by atoms with E-state index in [4.69, 9.17) is 9.84 Å². The van der Waals surface area contributed by atoms with Crippen molar-refractivity contribution in [1.29, 1.82) is 0 Å². The van der Waals surface area contributed by atoms with Gasteiger partial charge in [0.25, 0.3) is 0 Å². The smallest absolute Gasteiger partial charge is 0.336 e. The van der Waals surface area contributed by atoms with Gasteiger partial charge in [0.2, 0.25) is 0 Å². The monoisotopic (exact) mass is 192 g/mol. The van der Waals surface area contributed by atoms with Crippen molar-refractivity contribution in [3.63, 3.8) is 0 Å². The molecule has 2 rings (SSSR count). The average molecular weight is 192 g/mol. The number of carboxylic acid groups (broad SMARTS) is 1. The lowest BCUT2D eigenvalue weighted by Crippen LogP contribution is -2.03. The van der Waals surface area contributed by atoms with E-state index in [1.54, 1.807) is 12.1 Å². The van der Waals surface area contributed by atoms with Gasteiger partial charge < -0.3 is 9.84 Å². The Morgan fingerprint density at radius 3 is 3.00 bits per heavy atom. The lowest BCUT2D eigenvalue weighted by Gasteiger charge is -2.08. The summed E-state index contributed by atoms with van der Waals surface area (Å²) < 4.78 is 5.48. The SMILES string of the molecule is O=C(O)c1cccc2c1CCCCO2. The van der Waals surface area contributed by atoms with Gasteiger partial charge in [-0.25, -0.2) is 4.79 Å². The van der Waals surface area contributed by atoms with E-state index in [0.717, 1.165) is 30.6 Å². The molecule has 0 aliphatic carbocycles. The molecule has 3 heteroatoms. The molecule has 0 fully saturated rings. The van der Waals surface area contributed by atoms with Crippen molar-refractivity contribution < 1.29 is 14.6 Å². The average Bonchev–Trinajstić information content (AvgIpc) is 2.41. The van der Waals surface area contributed by atoms with Gasteiger partial charge in [-0.05, 0) is 31.4 Å². The third-order valence-corrected chi connectivity index (χ3v) is 2.44. The number of aromatic carboxylic acids is 1. The van der Waals surface area contributed by atoms with Crippen LogP contribution in [0.3, 0.4) is 0 Å². The lowest BCUT2D eigenvalue weighted by molar-refractivity contribution is 0.0695. The van der Waals surface area contributed by atoms with Crippen molar-refractivity contribution in [1.82, 2.24) is 0 Å². The number of hydrogen-bond donors (Lipinski definition) is 1. The third kappa shape index (κ3) is 1.58. The topological polar surface area (TPSA) is 46.5 Å². The number of rotatable bonds is 1. The van der Waals surface area contributed by atoms with Crippen molar-refractivity contribution in [2.75, 3.05) is 6.61 Å². The number of carbonyl (C=O) groups is 1. The van der Waals surface area contributed by atoms with Crippen LogP contribution in [-0.2, 0) is 6.42 Å². The molecule has 14 heavy (non-hydrogen) atoms. The highest BCUT2D eigenvalue weighted by Gasteiger charge is 2.16. The maximum Gasteiger partial charge on any atom is 0.336 e. The van der Waals surface area contributed by atoms with Crippen LogP contribution < -0.4 is 4.74 Å². The van der Waals surface area contributed by atoms with Crippen LogP contribution in [0.15, 0.2) is 18.2 Å². The van der Waals surface area contributed by atoms with Crippen molar-refractivity contribution in [2.45, 2.75) is 19.3 Å². The summed E-state index contributed by atoms with van der Waals surface area (Å²) in [6.45, 7) is 0.691. The van der Waals surface area contributed by atoms with Crippen LogP contribution in [0.1, 0.15) is 28.8 Å². The Bertz CT molecular complexity index is 358. The van der Waals surface area contributed by atoms with E-state index < -0.39 is 5.97 Å². The third-order valence-electron chi connectivity index (χ3n) is 2.44. The van der Waals surface area contributed by atoms with Gasteiger partial charge in [0.05, 0.1) is 12.2 Å². The zero-order valence-electron chi connectivity index (χ0n) is 7.82. The molecule has 0 saturated heterocycles. The van der Waals surface area contributed by atoms with Crippen LogP contribution >= 0.6 is 0 Å². The van der Waals surface area contributed by atoms with Gasteiger partial charge in [-0.3, -0.25) is 0 Å². The normalized spacial score (nSPS) is 15.1. The van der Waals surface area contributed by atoms with E-state index in [9.17, 15) is 4.79 Å². The van der Waals surface area contributed by atoms with E-state index in [1.165, 1.54) is 0 Å². The van der Waals surface area contributed by atoms with Gasteiger partial charge in [0.1, 0.15) is 5.75 Å². The zero-order valence-corrected chi connectivity index (χ0v) is 7.82.